The van der Waals surface area contributed by atoms with Gasteiger partial charge in [0.1, 0.15) is 5.82 Å². The summed E-state index contributed by atoms with van der Waals surface area (Å²) in [5.74, 6) is -0.332. The van der Waals surface area contributed by atoms with Crippen LogP contribution < -0.4 is 4.90 Å². The van der Waals surface area contributed by atoms with Gasteiger partial charge in [-0.25, -0.2) is 4.39 Å². The van der Waals surface area contributed by atoms with Gasteiger partial charge in [0.25, 0.3) is 0 Å². The fraction of sp³-hybridized carbons (Fsp3) is 0.533. The van der Waals surface area contributed by atoms with Crippen LogP contribution in [0.1, 0.15) is 39.7 Å². The number of amides is 1. The monoisotopic (exact) mass is 283 g/mol. The standard InChI is InChI=1S/C15H22FNOS/c1-6-11(3)17(14(18)15(4,5)19)12-7-8-13(16)10(2)9-12/h7-9,11,19H,6H2,1-5H3. The predicted octanol–water partition coefficient (Wildman–Crippen LogP) is 3.97. The summed E-state index contributed by atoms with van der Waals surface area (Å²) < 4.78 is 12.6. The molecule has 0 saturated heterocycles. The molecule has 1 unspecified atom stereocenters. The second-order valence-electron chi connectivity index (χ2n) is 5.42. The van der Waals surface area contributed by atoms with Gasteiger partial charge in [-0.1, -0.05) is 6.92 Å². The van der Waals surface area contributed by atoms with Crippen molar-refractivity contribution in [3.05, 3.63) is 29.6 Å². The van der Waals surface area contributed by atoms with Crippen LogP contribution in [-0.4, -0.2) is 16.7 Å². The predicted molar refractivity (Wildman–Crippen MR) is 81.4 cm³/mol. The van der Waals surface area contributed by atoms with Gasteiger partial charge in [-0.05, 0) is 57.9 Å². The summed E-state index contributed by atoms with van der Waals surface area (Å²) >= 11 is 4.35. The van der Waals surface area contributed by atoms with E-state index in [1.54, 1.807) is 37.8 Å². The number of hydrogen-bond donors (Lipinski definition) is 1. The van der Waals surface area contributed by atoms with Crippen LogP contribution in [0.3, 0.4) is 0 Å². The number of benzene rings is 1. The van der Waals surface area contributed by atoms with Crippen LogP contribution in [0, 0.1) is 12.7 Å². The molecule has 0 bridgehead atoms. The molecule has 0 radical (unpaired) electrons. The zero-order valence-electron chi connectivity index (χ0n) is 12.2. The maximum absolute atomic E-state index is 13.4. The van der Waals surface area contributed by atoms with Crippen molar-refractivity contribution in [3.63, 3.8) is 0 Å². The lowest BCUT2D eigenvalue weighted by atomic mass is 10.1. The SMILES string of the molecule is CCC(C)N(C(=O)C(C)(C)S)c1ccc(F)c(C)c1. The minimum Gasteiger partial charge on any atom is -0.308 e. The number of rotatable bonds is 4. The molecular weight excluding hydrogens is 261 g/mol. The van der Waals surface area contributed by atoms with Crippen LogP contribution in [0.15, 0.2) is 18.2 Å². The van der Waals surface area contributed by atoms with E-state index in [1.165, 1.54) is 6.07 Å². The first kappa shape index (κ1) is 16.0. The number of hydrogen-bond acceptors (Lipinski definition) is 2. The molecule has 0 aliphatic carbocycles. The summed E-state index contributed by atoms with van der Waals surface area (Å²) in [6.07, 6.45) is 0.825. The smallest absolute Gasteiger partial charge is 0.242 e. The molecule has 1 amide bonds. The van der Waals surface area contributed by atoms with Gasteiger partial charge in [-0.2, -0.15) is 12.6 Å². The average molecular weight is 283 g/mol. The van der Waals surface area contributed by atoms with E-state index in [-0.39, 0.29) is 17.8 Å². The van der Waals surface area contributed by atoms with Crippen LogP contribution in [0.25, 0.3) is 0 Å². The zero-order chi connectivity index (χ0) is 14.8. The van der Waals surface area contributed by atoms with Crippen LogP contribution in [-0.2, 0) is 4.79 Å². The van der Waals surface area contributed by atoms with E-state index in [9.17, 15) is 9.18 Å². The highest BCUT2D eigenvalue weighted by atomic mass is 32.1. The number of halogens is 1. The minimum absolute atomic E-state index is 0.0452. The number of aryl methyl sites for hydroxylation is 1. The maximum Gasteiger partial charge on any atom is 0.242 e. The van der Waals surface area contributed by atoms with Crippen molar-refractivity contribution in [3.8, 4) is 0 Å². The molecule has 2 nitrogen and oxygen atoms in total. The molecule has 106 valence electrons. The van der Waals surface area contributed by atoms with Gasteiger partial charge in [0.15, 0.2) is 0 Å². The fourth-order valence-electron chi connectivity index (χ4n) is 1.83. The van der Waals surface area contributed by atoms with Crippen molar-refractivity contribution < 1.29 is 9.18 Å². The molecule has 0 saturated carbocycles. The van der Waals surface area contributed by atoms with Crippen LogP contribution in [0.5, 0.6) is 0 Å². The molecule has 1 rings (SSSR count). The molecular formula is C15H22FNOS. The van der Waals surface area contributed by atoms with E-state index in [0.29, 0.717) is 5.56 Å². The molecule has 19 heavy (non-hydrogen) atoms. The molecule has 0 aliphatic rings. The molecule has 0 heterocycles. The lowest BCUT2D eigenvalue weighted by Crippen LogP contribution is -2.47. The molecule has 1 aromatic carbocycles. The van der Waals surface area contributed by atoms with E-state index in [0.717, 1.165) is 12.1 Å². The summed E-state index contributed by atoms with van der Waals surface area (Å²) in [6, 6.07) is 4.80. The van der Waals surface area contributed by atoms with Crippen molar-refractivity contribution in [1.82, 2.24) is 0 Å². The first-order chi connectivity index (χ1) is 8.68. The molecule has 0 aliphatic heterocycles. The molecule has 4 heteroatoms. The van der Waals surface area contributed by atoms with Gasteiger partial charge in [0.2, 0.25) is 5.91 Å². The Balaban J connectivity index is 3.24. The molecule has 1 atom stereocenters. The van der Waals surface area contributed by atoms with Gasteiger partial charge in [0, 0.05) is 11.7 Å². The fourth-order valence-corrected chi connectivity index (χ4v) is 1.94. The first-order valence-electron chi connectivity index (χ1n) is 6.50. The first-order valence-corrected chi connectivity index (χ1v) is 6.95. The van der Waals surface area contributed by atoms with E-state index < -0.39 is 4.75 Å². The molecule has 1 aromatic rings. The second kappa shape index (κ2) is 5.95. The van der Waals surface area contributed by atoms with Crippen LogP contribution in [0.2, 0.25) is 0 Å². The summed E-state index contributed by atoms with van der Waals surface area (Å²) in [5.41, 5.74) is 1.26. The van der Waals surface area contributed by atoms with Gasteiger partial charge in [-0.15, -0.1) is 0 Å². The van der Waals surface area contributed by atoms with Crippen molar-refractivity contribution in [2.45, 2.75) is 51.8 Å². The average Bonchev–Trinajstić information content (AvgIpc) is 2.32. The van der Waals surface area contributed by atoms with Gasteiger partial charge in [0.05, 0.1) is 4.75 Å². The molecule has 0 spiro atoms. The van der Waals surface area contributed by atoms with E-state index in [1.807, 2.05) is 13.8 Å². The summed E-state index contributed by atoms with van der Waals surface area (Å²) in [4.78, 5) is 14.2. The van der Waals surface area contributed by atoms with Gasteiger partial charge >= 0.3 is 0 Å². The molecule has 0 N–H and O–H groups in total. The number of carbonyl (C=O) groups is 1. The van der Waals surface area contributed by atoms with E-state index >= 15 is 0 Å². The number of carbonyl (C=O) groups excluding carboxylic acids is 1. The third-order valence-electron chi connectivity index (χ3n) is 3.19. The maximum atomic E-state index is 13.4. The topological polar surface area (TPSA) is 20.3 Å². The third kappa shape index (κ3) is 3.72. The summed E-state index contributed by atoms with van der Waals surface area (Å²) in [6.45, 7) is 9.24. The van der Waals surface area contributed by atoms with E-state index in [2.05, 4.69) is 12.6 Å². The van der Waals surface area contributed by atoms with Crippen molar-refractivity contribution >= 4 is 24.2 Å². The number of thiol groups is 1. The highest BCUT2D eigenvalue weighted by Gasteiger charge is 2.31. The second-order valence-corrected chi connectivity index (χ2v) is 6.54. The zero-order valence-corrected chi connectivity index (χ0v) is 13.1. The lowest BCUT2D eigenvalue weighted by molar-refractivity contribution is -0.120. The highest BCUT2D eigenvalue weighted by Crippen LogP contribution is 2.27. The Bertz CT molecular complexity index is 468. The summed E-state index contributed by atoms with van der Waals surface area (Å²) in [5, 5.41) is 0. The molecule has 0 fully saturated rings. The Morgan fingerprint density at radius 2 is 2.05 bits per heavy atom. The normalized spacial score (nSPS) is 13.2. The lowest BCUT2D eigenvalue weighted by Gasteiger charge is -2.33. The minimum atomic E-state index is -0.758. The van der Waals surface area contributed by atoms with Crippen molar-refractivity contribution in [2.24, 2.45) is 0 Å². The molecule has 0 aromatic heterocycles. The summed E-state index contributed by atoms with van der Waals surface area (Å²) in [7, 11) is 0. The highest BCUT2D eigenvalue weighted by molar-refractivity contribution is 7.82. The Morgan fingerprint density at radius 3 is 2.47 bits per heavy atom. The largest absolute Gasteiger partial charge is 0.308 e. The van der Waals surface area contributed by atoms with Gasteiger partial charge < -0.3 is 4.90 Å². The number of anilines is 1. The van der Waals surface area contributed by atoms with Crippen LogP contribution in [0.4, 0.5) is 10.1 Å². The quantitative estimate of drug-likeness (QED) is 0.829. The van der Waals surface area contributed by atoms with E-state index in [4.69, 9.17) is 0 Å². The van der Waals surface area contributed by atoms with Crippen LogP contribution >= 0.6 is 12.6 Å². The Hall–Kier alpha value is -1.03. The Kier molecular flexibility index (Phi) is 5.02. The Labute approximate surface area is 120 Å². The van der Waals surface area contributed by atoms with Crippen molar-refractivity contribution in [1.29, 1.82) is 0 Å². The number of nitrogens with zero attached hydrogens (tertiary/aromatic N) is 1. The van der Waals surface area contributed by atoms with Gasteiger partial charge in [-0.3, -0.25) is 4.79 Å². The van der Waals surface area contributed by atoms with Crippen molar-refractivity contribution in [2.75, 3.05) is 4.90 Å². The Morgan fingerprint density at radius 1 is 1.47 bits per heavy atom. The third-order valence-corrected chi connectivity index (χ3v) is 3.38.